The van der Waals surface area contributed by atoms with Gasteiger partial charge in [0.25, 0.3) is 0 Å². The van der Waals surface area contributed by atoms with E-state index in [1.54, 1.807) is 17.6 Å². The second kappa shape index (κ2) is 3.82. The van der Waals surface area contributed by atoms with Crippen LogP contribution in [0.4, 0.5) is 0 Å². The van der Waals surface area contributed by atoms with Crippen molar-refractivity contribution in [2.45, 2.75) is 6.92 Å². The SMILES string of the molecule is Cc1ccc(-c2ccsc2C(=O)O)cn1. The Kier molecular flexibility index (Phi) is 2.51. The number of thiophene rings is 1. The predicted molar refractivity (Wildman–Crippen MR) is 59.2 cm³/mol. The second-order valence-corrected chi connectivity index (χ2v) is 4.07. The highest BCUT2D eigenvalue weighted by molar-refractivity contribution is 7.12. The lowest BCUT2D eigenvalue weighted by Crippen LogP contribution is -1.94. The van der Waals surface area contributed by atoms with Crippen molar-refractivity contribution in [2.24, 2.45) is 0 Å². The molecule has 0 fully saturated rings. The first-order chi connectivity index (χ1) is 7.18. The van der Waals surface area contributed by atoms with Crippen LogP contribution in [0.1, 0.15) is 15.4 Å². The summed E-state index contributed by atoms with van der Waals surface area (Å²) >= 11 is 1.23. The Morgan fingerprint density at radius 2 is 2.20 bits per heavy atom. The highest BCUT2D eigenvalue weighted by Gasteiger charge is 2.12. The van der Waals surface area contributed by atoms with E-state index in [0.29, 0.717) is 4.88 Å². The standard InChI is InChI=1S/C11H9NO2S/c1-7-2-3-8(6-12-7)9-4-5-15-10(9)11(13)14/h2-6H,1H3,(H,13,14). The van der Waals surface area contributed by atoms with Crippen molar-refractivity contribution in [3.05, 3.63) is 40.3 Å². The van der Waals surface area contributed by atoms with Gasteiger partial charge < -0.3 is 5.11 Å². The predicted octanol–water partition coefficient (Wildman–Crippen LogP) is 2.82. The molecular weight excluding hydrogens is 210 g/mol. The van der Waals surface area contributed by atoms with Crippen molar-refractivity contribution >= 4 is 17.3 Å². The largest absolute Gasteiger partial charge is 0.477 e. The van der Waals surface area contributed by atoms with Gasteiger partial charge in [-0.3, -0.25) is 4.98 Å². The number of carboxylic acid groups (broad SMARTS) is 1. The molecule has 0 aliphatic heterocycles. The molecule has 0 saturated carbocycles. The molecule has 0 aliphatic carbocycles. The van der Waals surface area contributed by atoms with Crippen LogP contribution >= 0.6 is 11.3 Å². The molecule has 15 heavy (non-hydrogen) atoms. The van der Waals surface area contributed by atoms with Gasteiger partial charge in [-0.2, -0.15) is 0 Å². The molecule has 0 aliphatic rings. The fourth-order valence-corrected chi connectivity index (χ4v) is 2.08. The first-order valence-corrected chi connectivity index (χ1v) is 5.30. The van der Waals surface area contributed by atoms with Gasteiger partial charge in [0.2, 0.25) is 0 Å². The lowest BCUT2D eigenvalue weighted by molar-refractivity contribution is 0.0703. The van der Waals surface area contributed by atoms with Gasteiger partial charge in [-0.15, -0.1) is 11.3 Å². The van der Waals surface area contributed by atoms with Gasteiger partial charge in [0, 0.05) is 23.0 Å². The fraction of sp³-hybridized carbons (Fsp3) is 0.0909. The average Bonchev–Trinajstić information content (AvgIpc) is 2.67. The molecule has 2 rings (SSSR count). The molecule has 1 N–H and O–H groups in total. The summed E-state index contributed by atoms with van der Waals surface area (Å²) < 4.78 is 0. The van der Waals surface area contributed by atoms with Crippen molar-refractivity contribution in [2.75, 3.05) is 0 Å². The molecule has 0 aromatic carbocycles. The molecule has 2 aromatic rings. The van der Waals surface area contributed by atoms with Crippen molar-refractivity contribution < 1.29 is 9.90 Å². The molecular formula is C11H9NO2S. The minimum Gasteiger partial charge on any atom is -0.477 e. The van der Waals surface area contributed by atoms with Gasteiger partial charge >= 0.3 is 5.97 Å². The maximum Gasteiger partial charge on any atom is 0.346 e. The van der Waals surface area contributed by atoms with Gasteiger partial charge in [-0.25, -0.2) is 4.79 Å². The van der Waals surface area contributed by atoms with Gasteiger partial charge in [-0.05, 0) is 24.4 Å². The highest BCUT2D eigenvalue weighted by Crippen LogP contribution is 2.27. The number of carboxylic acids is 1. The number of nitrogens with zero attached hydrogens (tertiary/aromatic N) is 1. The van der Waals surface area contributed by atoms with E-state index in [9.17, 15) is 4.79 Å². The molecule has 0 amide bonds. The lowest BCUT2D eigenvalue weighted by atomic mass is 10.1. The van der Waals surface area contributed by atoms with E-state index in [0.717, 1.165) is 16.8 Å². The van der Waals surface area contributed by atoms with Crippen LogP contribution in [-0.2, 0) is 0 Å². The van der Waals surface area contributed by atoms with Crippen LogP contribution in [0.15, 0.2) is 29.8 Å². The molecule has 4 heteroatoms. The molecule has 2 aromatic heterocycles. The Morgan fingerprint density at radius 3 is 2.80 bits per heavy atom. The molecule has 0 unspecified atom stereocenters. The first-order valence-electron chi connectivity index (χ1n) is 4.42. The van der Waals surface area contributed by atoms with E-state index in [-0.39, 0.29) is 0 Å². The number of aryl methyl sites for hydroxylation is 1. The maximum atomic E-state index is 10.9. The maximum absolute atomic E-state index is 10.9. The average molecular weight is 219 g/mol. The summed E-state index contributed by atoms with van der Waals surface area (Å²) in [6.07, 6.45) is 1.70. The van der Waals surface area contributed by atoms with Crippen molar-refractivity contribution in [3.63, 3.8) is 0 Å². The third kappa shape index (κ3) is 1.89. The zero-order chi connectivity index (χ0) is 10.8. The van der Waals surface area contributed by atoms with Crippen LogP contribution < -0.4 is 0 Å². The van der Waals surface area contributed by atoms with E-state index in [1.807, 2.05) is 19.1 Å². The number of hydrogen-bond acceptors (Lipinski definition) is 3. The van der Waals surface area contributed by atoms with Gasteiger partial charge in [-0.1, -0.05) is 6.07 Å². The number of aromatic nitrogens is 1. The monoisotopic (exact) mass is 219 g/mol. The Bertz CT molecular complexity index is 488. The molecule has 0 radical (unpaired) electrons. The molecule has 0 saturated heterocycles. The van der Waals surface area contributed by atoms with Crippen molar-refractivity contribution in [1.82, 2.24) is 4.98 Å². The lowest BCUT2D eigenvalue weighted by Gasteiger charge is -2.00. The summed E-state index contributed by atoms with van der Waals surface area (Å²) in [6, 6.07) is 5.57. The summed E-state index contributed by atoms with van der Waals surface area (Å²) in [5.74, 6) is -0.888. The molecule has 0 bridgehead atoms. The molecule has 0 spiro atoms. The minimum absolute atomic E-state index is 0.362. The second-order valence-electron chi connectivity index (χ2n) is 3.16. The quantitative estimate of drug-likeness (QED) is 0.844. The molecule has 0 atom stereocenters. The van der Waals surface area contributed by atoms with Crippen LogP contribution in [0.2, 0.25) is 0 Å². The number of carbonyl (C=O) groups is 1. The molecule has 3 nitrogen and oxygen atoms in total. The molecule has 2 heterocycles. The van der Waals surface area contributed by atoms with Gasteiger partial charge in [0.15, 0.2) is 0 Å². The van der Waals surface area contributed by atoms with Crippen LogP contribution in [0.5, 0.6) is 0 Å². The fourth-order valence-electron chi connectivity index (χ4n) is 1.33. The van der Waals surface area contributed by atoms with Crippen LogP contribution in [0, 0.1) is 6.92 Å². The van der Waals surface area contributed by atoms with E-state index in [2.05, 4.69) is 4.98 Å². The van der Waals surface area contributed by atoms with E-state index < -0.39 is 5.97 Å². The normalized spacial score (nSPS) is 10.2. The van der Waals surface area contributed by atoms with E-state index in [1.165, 1.54) is 11.3 Å². The number of aromatic carboxylic acids is 1. The smallest absolute Gasteiger partial charge is 0.346 e. The Hall–Kier alpha value is -1.68. The van der Waals surface area contributed by atoms with Gasteiger partial charge in [0.1, 0.15) is 4.88 Å². The topological polar surface area (TPSA) is 50.2 Å². The zero-order valence-electron chi connectivity index (χ0n) is 8.10. The Balaban J connectivity index is 2.49. The highest BCUT2D eigenvalue weighted by atomic mass is 32.1. The summed E-state index contributed by atoms with van der Waals surface area (Å²) in [5, 5.41) is 10.7. The van der Waals surface area contributed by atoms with E-state index >= 15 is 0 Å². The first kappa shape index (κ1) is 9.86. The van der Waals surface area contributed by atoms with Gasteiger partial charge in [0.05, 0.1) is 0 Å². The number of pyridine rings is 1. The summed E-state index contributed by atoms with van der Waals surface area (Å²) in [6.45, 7) is 1.90. The third-order valence-electron chi connectivity index (χ3n) is 2.08. The van der Waals surface area contributed by atoms with Crippen molar-refractivity contribution in [3.8, 4) is 11.1 Å². The zero-order valence-corrected chi connectivity index (χ0v) is 8.91. The van der Waals surface area contributed by atoms with E-state index in [4.69, 9.17) is 5.11 Å². The Morgan fingerprint density at radius 1 is 1.40 bits per heavy atom. The summed E-state index contributed by atoms with van der Waals surface area (Å²) in [5.41, 5.74) is 2.50. The van der Waals surface area contributed by atoms with Crippen LogP contribution in [0.25, 0.3) is 11.1 Å². The molecule has 76 valence electrons. The number of hydrogen-bond donors (Lipinski definition) is 1. The summed E-state index contributed by atoms with van der Waals surface area (Å²) in [4.78, 5) is 15.4. The van der Waals surface area contributed by atoms with Crippen LogP contribution in [-0.4, -0.2) is 16.1 Å². The Labute approximate surface area is 91.0 Å². The summed E-state index contributed by atoms with van der Waals surface area (Å²) in [7, 11) is 0. The number of rotatable bonds is 2. The third-order valence-corrected chi connectivity index (χ3v) is 2.98. The van der Waals surface area contributed by atoms with Crippen molar-refractivity contribution in [1.29, 1.82) is 0 Å². The minimum atomic E-state index is -0.888. The van der Waals surface area contributed by atoms with Crippen LogP contribution in [0.3, 0.4) is 0 Å².